The van der Waals surface area contributed by atoms with Crippen molar-refractivity contribution in [1.29, 1.82) is 0 Å². The number of aromatic hydroxyl groups is 2. The number of ether oxygens (including phenoxy) is 1. The zero-order valence-corrected chi connectivity index (χ0v) is 40.9. The molecule has 2 unspecified atom stereocenters. The number of hydrogen-bond acceptors (Lipinski definition) is 6. The molecule has 0 amide bonds. The van der Waals surface area contributed by atoms with Crippen LogP contribution in [0, 0.1) is 0 Å². The Morgan fingerprint density at radius 2 is 0.846 bits per heavy atom. The zero-order valence-electron chi connectivity index (χ0n) is 39.9. The Kier molecular flexibility index (Phi) is 16.4. The summed E-state index contributed by atoms with van der Waals surface area (Å²) in [6, 6.07) is 45.0. The molecule has 0 saturated heterocycles. The Morgan fingerprint density at radius 1 is 0.492 bits per heavy atom. The second-order valence-electron chi connectivity index (χ2n) is 20.3. The van der Waals surface area contributed by atoms with E-state index in [0.29, 0.717) is 5.75 Å². The summed E-state index contributed by atoms with van der Waals surface area (Å²) in [5, 5.41) is 34.4. The minimum atomic E-state index is -0.398. The number of nitrogens with zero attached hydrogens (tertiary/aromatic N) is 2. The van der Waals surface area contributed by atoms with Crippen molar-refractivity contribution in [2.75, 3.05) is 0 Å². The molecule has 343 valence electrons. The van der Waals surface area contributed by atoms with Crippen molar-refractivity contribution in [2.24, 2.45) is 9.98 Å². The van der Waals surface area contributed by atoms with Gasteiger partial charge in [-0.15, -0.1) is 5.75 Å². The molecule has 2 N–H and O–H groups in total. The van der Waals surface area contributed by atoms with Crippen LogP contribution in [0.25, 0.3) is 0 Å². The first-order chi connectivity index (χ1) is 30.2. The summed E-state index contributed by atoms with van der Waals surface area (Å²) in [5.41, 5.74) is 6.92. The van der Waals surface area contributed by atoms with Crippen molar-refractivity contribution >= 4 is 12.4 Å². The normalized spacial score (nSPS) is 15.8. The van der Waals surface area contributed by atoms with Crippen LogP contribution in [0.1, 0.15) is 139 Å². The zero-order chi connectivity index (χ0) is 46.3. The van der Waals surface area contributed by atoms with E-state index in [1.54, 1.807) is 12.1 Å². The Labute approximate surface area is 398 Å². The second kappa shape index (κ2) is 21.1. The molecular formula is C58H67CoN2O4-. The SMILES string of the molecule is CC(C)(C)c1cc(C=NC2CCCCC2N=Cc2cc(C(C)(C)C)cc(C(C)(C)c3ccccc3)c2O)c(O)c(C(C)(C)c2ccccc2)c1.[Co].[O-]c1ccc(Oc2ccccc2)cc1. The van der Waals surface area contributed by atoms with Gasteiger partial charge in [0.05, 0.1) is 12.1 Å². The molecule has 6 aromatic carbocycles. The first kappa shape index (κ1) is 50.4. The van der Waals surface area contributed by atoms with Gasteiger partial charge in [-0.1, -0.05) is 185 Å². The molecule has 65 heavy (non-hydrogen) atoms. The molecule has 1 radical (unpaired) electrons. The van der Waals surface area contributed by atoms with Gasteiger partial charge in [0.1, 0.15) is 23.0 Å². The van der Waals surface area contributed by atoms with E-state index in [4.69, 9.17) is 14.7 Å². The van der Waals surface area contributed by atoms with Crippen LogP contribution >= 0.6 is 0 Å². The van der Waals surface area contributed by atoms with Gasteiger partial charge < -0.3 is 20.1 Å². The average Bonchev–Trinajstić information content (AvgIpc) is 3.27. The van der Waals surface area contributed by atoms with E-state index in [2.05, 4.69) is 142 Å². The second-order valence-corrected chi connectivity index (χ2v) is 20.3. The third-order valence-corrected chi connectivity index (χ3v) is 12.7. The minimum absolute atomic E-state index is 0. The molecule has 7 heteroatoms. The average molecular weight is 915 g/mol. The van der Waals surface area contributed by atoms with Gasteiger partial charge in [-0.25, -0.2) is 0 Å². The Bertz CT molecular complexity index is 2380. The van der Waals surface area contributed by atoms with E-state index in [-0.39, 0.29) is 56.9 Å². The maximum Gasteiger partial charge on any atom is 0.128 e. The fraction of sp³-hybridized carbons (Fsp3) is 0.345. The summed E-state index contributed by atoms with van der Waals surface area (Å²) in [5.74, 6) is 2.00. The van der Waals surface area contributed by atoms with Crippen LogP contribution in [0.5, 0.6) is 28.7 Å². The fourth-order valence-electron chi connectivity index (χ4n) is 8.27. The quantitative estimate of drug-likeness (QED) is 0.134. The van der Waals surface area contributed by atoms with Crippen LogP contribution in [0.3, 0.4) is 0 Å². The number of rotatable bonds is 10. The molecule has 2 atom stereocenters. The van der Waals surface area contributed by atoms with E-state index in [1.165, 1.54) is 12.1 Å². The number of hydrogen-bond donors (Lipinski definition) is 2. The minimum Gasteiger partial charge on any atom is -0.872 e. The molecule has 0 heterocycles. The topological polar surface area (TPSA) is 97.5 Å². The number of para-hydroxylation sites is 1. The maximum atomic E-state index is 11.8. The van der Waals surface area contributed by atoms with Crippen LogP contribution in [0.4, 0.5) is 0 Å². The van der Waals surface area contributed by atoms with Crippen LogP contribution < -0.4 is 9.84 Å². The van der Waals surface area contributed by atoms with Gasteiger partial charge in [-0.05, 0) is 82.3 Å². The molecule has 1 aliphatic carbocycles. The molecule has 1 fully saturated rings. The summed E-state index contributed by atoms with van der Waals surface area (Å²) in [6.45, 7) is 22.0. The van der Waals surface area contributed by atoms with Gasteiger partial charge in [0.2, 0.25) is 0 Å². The first-order valence-corrected chi connectivity index (χ1v) is 22.7. The summed E-state index contributed by atoms with van der Waals surface area (Å²) in [6.07, 6.45) is 7.81. The number of phenols is 2. The molecule has 0 spiro atoms. The number of phenolic OH excluding ortho intramolecular Hbond substituents is 2. The maximum absolute atomic E-state index is 11.8. The van der Waals surface area contributed by atoms with E-state index >= 15 is 0 Å². The van der Waals surface area contributed by atoms with Crippen molar-refractivity contribution in [3.05, 3.63) is 184 Å². The van der Waals surface area contributed by atoms with E-state index < -0.39 is 10.8 Å². The summed E-state index contributed by atoms with van der Waals surface area (Å²) < 4.78 is 5.49. The molecule has 0 bridgehead atoms. The van der Waals surface area contributed by atoms with Gasteiger partial charge in [0.15, 0.2) is 0 Å². The van der Waals surface area contributed by atoms with Crippen molar-refractivity contribution in [3.63, 3.8) is 0 Å². The molecule has 7 rings (SSSR count). The third kappa shape index (κ3) is 12.6. The molecule has 1 aliphatic rings. The number of benzene rings is 6. The molecular weight excluding hydrogens is 848 g/mol. The molecule has 6 aromatic rings. The Balaban J connectivity index is 0.000000448. The van der Waals surface area contributed by atoms with E-state index in [9.17, 15) is 15.3 Å². The van der Waals surface area contributed by atoms with Crippen LogP contribution in [0.2, 0.25) is 0 Å². The third-order valence-electron chi connectivity index (χ3n) is 12.7. The van der Waals surface area contributed by atoms with Crippen molar-refractivity contribution in [2.45, 2.75) is 129 Å². The fourth-order valence-corrected chi connectivity index (χ4v) is 8.27. The van der Waals surface area contributed by atoms with Crippen LogP contribution in [0.15, 0.2) is 150 Å². The van der Waals surface area contributed by atoms with E-state index in [0.717, 1.165) is 75.9 Å². The predicted octanol–water partition coefficient (Wildman–Crippen LogP) is 13.7. The summed E-state index contributed by atoms with van der Waals surface area (Å²) >= 11 is 0. The van der Waals surface area contributed by atoms with Crippen LogP contribution in [-0.2, 0) is 38.4 Å². The smallest absolute Gasteiger partial charge is 0.128 e. The van der Waals surface area contributed by atoms with Crippen molar-refractivity contribution in [3.8, 4) is 28.7 Å². The standard InChI is InChI=1S/C46H58N2O2.C12H10O2.Co/c1-43(2,3)35-25-31(41(49)37(27-35)45(7,8)33-19-13-11-14-20-33)29-47-39-23-17-18-24-40(39)48-30-32-26-36(44(4,5)6)28-38(42(32)50)46(9,10)34-21-15-12-16-22-34;13-10-6-8-12(9-7-10)14-11-4-2-1-3-5-11;/h11-16,19-22,25-30,39-40,49-50H,17-18,23-24H2,1-10H3;1-9,13H;/p-1. The van der Waals surface area contributed by atoms with Gasteiger partial charge in [0, 0.05) is 62.3 Å². The first-order valence-electron chi connectivity index (χ1n) is 22.7. The van der Waals surface area contributed by atoms with Gasteiger partial charge in [0.25, 0.3) is 0 Å². The van der Waals surface area contributed by atoms with Gasteiger partial charge >= 0.3 is 0 Å². The number of aliphatic imine (C=N–C) groups is 2. The predicted molar refractivity (Wildman–Crippen MR) is 264 cm³/mol. The van der Waals surface area contributed by atoms with Crippen molar-refractivity contribution in [1.82, 2.24) is 0 Å². The molecule has 0 aromatic heterocycles. The van der Waals surface area contributed by atoms with Crippen molar-refractivity contribution < 1.29 is 36.8 Å². The molecule has 0 aliphatic heterocycles. The summed E-state index contributed by atoms with van der Waals surface area (Å²) in [7, 11) is 0. The van der Waals surface area contributed by atoms with E-state index in [1.807, 2.05) is 54.9 Å². The van der Waals surface area contributed by atoms with Gasteiger partial charge in [-0.3, -0.25) is 9.98 Å². The van der Waals surface area contributed by atoms with Crippen LogP contribution in [-0.4, -0.2) is 34.7 Å². The Hall–Kier alpha value is -5.63. The molecule has 1 saturated carbocycles. The monoisotopic (exact) mass is 914 g/mol. The molecule has 6 nitrogen and oxygen atoms in total. The largest absolute Gasteiger partial charge is 0.872 e. The summed E-state index contributed by atoms with van der Waals surface area (Å²) in [4.78, 5) is 10.3. The Morgan fingerprint density at radius 3 is 1.22 bits per heavy atom. The van der Waals surface area contributed by atoms with Gasteiger partial charge in [-0.2, -0.15) is 0 Å².